The zero-order valence-corrected chi connectivity index (χ0v) is 11.2. The normalized spacial score (nSPS) is 11.1. The van der Waals surface area contributed by atoms with Gasteiger partial charge in [-0.15, -0.1) is 0 Å². The minimum atomic E-state index is 0.362. The monoisotopic (exact) mass is 293 g/mol. The molecule has 2 aliphatic rings. The lowest BCUT2D eigenvalue weighted by Gasteiger charge is -2.12. The molecule has 1 aromatic rings. The van der Waals surface area contributed by atoms with Gasteiger partial charge < -0.3 is 10.3 Å². The number of imidazole rings is 1. The van der Waals surface area contributed by atoms with Crippen molar-refractivity contribution < 1.29 is 0 Å². The summed E-state index contributed by atoms with van der Waals surface area (Å²) in [6.45, 7) is 0.502. The van der Waals surface area contributed by atoms with Crippen LogP contribution in [0, 0.1) is 0 Å². The maximum Gasteiger partial charge on any atom is 0.165 e. The molecular formula is C12H9Cl2N5. The Hall–Kier alpha value is -1.85. The van der Waals surface area contributed by atoms with Crippen LogP contribution in [0.2, 0.25) is 10.0 Å². The largest absolute Gasteiger partial charge is 0.382 e. The standard InChI is InChI=1S/C12H9Cl2N5/c13-8-3-1-2-7(9(8)14)4-19-6-18-11(15)10-12(19)17-5-16-10/h1-3,5-6H,4,15H2. The number of nitrogen functional groups attached to an aromatic ring is 1. The minimum absolute atomic E-state index is 0.362. The first kappa shape index (κ1) is 12.2. The molecule has 0 bridgehead atoms. The van der Waals surface area contributed by atoms with E-state index in [0.29, 0.717) is 33.9 Å². The Morgan fingerprint density at radius 2 is 2.00 bits per heavy atom. The van der Waals surface area contributed by atoms with Crippen LogP contribution in [0.1, 0.15) is 5.56 Å². The molecule has 0 atom stereocenters. The molecule has 19 heavy (non-hydrogen) atoms. The van der Waals surface area contributed by atoms with Gasteiger partial charge in [-0.3, -0.25) is 0 Å². The molecule has 0 fully saturated rings. The van der Waals surface area contributed by atoms with E-state index in [4.69, 9.17) is 28.9 Å². The van der Waals surface area contributed by atoms with Crippen molar-refractivity contribution in [2.24, 2.45) is 0 Å². The molecule has 0 unspecified atom stereocenters. The highest BCUT2D eigenvalue weighted by atomic mass is 35.5. The van der Waals surface area contributed by atoms with Gasteiger partial charge in [0.05, 0.1) is 22.9 Å². The summed E-state index contributed by atoms with van der Waals surface area (Å²) in [5.41, 5.74) is 7.21. The van der Waals surface area contributed by atoms with Crippen LogP contribution in [-0.2, 0) is 6.54 Å². The van der Waals surface area contributed by atoms with Crippen molar-refractivity contribution in [2.75, 3.05) is 5.73 Å². The van der Waals surface area contributed by atoms with Gasteiger partial charge in [0.25, 0.3) is 0 Å². The number of rotatable bonds is 2. The van der Waals surface area contributed by atoms with Gasteiger partial charge >= 0.3 is 0 Å². The SMILES string of the molecule is Nc1ncn(Cc2cccc(Cl)c2Cl)c2ncnc1-2. The van der Waals surface area contributed by atoms with Crippen molar-refractivity contribution in [1.29, 1.82) is 0 Å². The van der Waals surface area contributed by atoms with Gasteiger partial charge in [0.15, 0.2) is 11.6 Å². The molecule has 0 radical (unpaired) electrons. The van der Waals surface area contributed by atoms with Gasteiger partial charge in [-0.05, 0) is 11.6 Å². The number of hydrogen-bond donors (Lipinski definition) is 1. The van der Waals surface area contributed by atoms with E-state index in [1.807, 2.05) is 16.7 Å². The van der Waals surface area contributed by atoms with E-state index in [-0.39, 0.29) is 0 Å². The summed E-state index contributed by atoms with van der Waals surface area (Å²) in [4.78, 5) is 12.4. The summed E-state index contributed by atoms with van der Waals surface area (Å²) in [6, 6.07) is 5.50. The highest BCUT2D eigenvalue weighted by molar-refractivity contribution is 6.42. The fourth-order valence-corrected chi connectivity index (χ4v) is 2.25. The molecule has 7 heteroatoms. The van der Waals surface area contributed by atoms with E-state index in [0.717, 1.165) is 5.56 Å². The van der Waals surface area contributed by atoms with Crippen LogP contribution < -0.4 is 5.73 Å². The van der Waals surface area contributed by atoms with E-state index in [2.05, 4.69) is 15.0 Å². The quantitative estimate of drug-likeness (QED) is 0.789. The smallest absolute Gasteiger partial charge is 0.165 e. The third-order valence-corrected chi connectivity index (χ3v) is 3.66. The van der Waals surface area contributed by atoms with Crippen molar-refractivity contribution in [3.05, 3.63) is 46.5 Å². The molecule has 2 aliphatic heterocycles. The molecule has 3 rings (SSSR count). The Labute approximate surface area is 119 Å². The second kappa shape index (κ2) is 4.68. The summed E-state index contributed by atoms with van der Waals surface area (Å²) in [5, 5.41) is 1.05. The molecule has 5 nitrogen and oxygen atoms in total. The Balaban J connectivity index is 2.05. The molecule has 0 aliphatic carbocycles. The van der Waals surface area contributed by atoms with Crippen molar-refractivity contribution in [3.63, 3.8) is 0 Å². The fraction of sp³-hybridized carbons (Fsp3) is 0.0833. The summed E-state index contributed by atoms with van der Waals surface area (Å²) in [7, 11) is 0. The molecule has 0 saturated carbocycles. The number of hydrogen-bond acceptors (Lipinski definition) is 4. The zero-order chi connectivity index (χ0) is 13.4. The second-order valence-electron chi connectivity index (χ2n) is 4.02. The third kappa shape index (κ3) is 2.11. The van der Waals surface area contributed by atoms with Gasteiger partial charge in [-0.25, -0.2) is 15.0 Å². The first-order valence-electron chi connectivity index (χ1n) is 5.51. The lowest BCUT2D eigenvalue weighted by Crippen LogP contribution is -2.09. The molecule has 0 amide bonds. The molecule has 0 saturated heterocycles. The Morgan fingerprint density at radius 3 is 2.84 bits per heavy atom. The molecule has 0 spiro atoms. The number of nitrogens with zero attached hydrogens (tertiary/aromatic N) is 4. The van der Waals surface area contributed by atoms with Crippen LogP contribution in [0.15, 0.2) is 30.9 Å². The number of nitrogens with two attached hydrogens (primary N) is 1. The third-order valence-electron chi connectivity index (χ3n) is 2.80. The number of anilines is 1. The van der Waals surface area contributed by atoms with Gasteiger partial charge in [-0.1, -0.05) is 35.3 Å². The van der Waals surface area contributed by atoms with Crippen molar-refractivity contribution in [1.82, 2.24) is 19.5 Å². The van der Waals surface area contributed by atoms with E-state index in [1.165, 1.54) is 6.33 Å². The average molecular weight is 294 g/mol. The Bertz CT molecular complexity index is 709. The van der Waals surface area contributed by atoms with Gasteiger partial charge in [-0.2, -0.15) is 0 Å². The second-order valence-corrected chi connectivity index (χ2v) is 4.80. The van der Waals surface area contributed by atoms with Crippen LogP contribution in [0.3, 0.4) is 0 Å². The van der Waals surface area contributed by atoms with Crippen LogP contribution >= 0.6 is 23.2 Å². The van der Waals surface area contributed by atoms with E-state index in [9.17, 15) is 0 Å². The maximum atomic E-state index is 6.17. The molecule has 2 N–H and O–H groups in total. The van der Waals surface area contributed by atoms with Crippen molar-refractivity contribution >= 4 is 29.0 Å². The summed E-state index contributed by atoms with van der Waals surface area (Å²) in [5.74, 6) is 1.03. The first-order valence-corrected chi connectivity index (χ1v) is 6.26. The van der Waals surface area contributed by atoms with Crippen molar-refractivity contribution in [3.8, 4) is 11.5 Å². The number of benzene rings is 1. The van der Waals surface area contributed by atoms with E-state index in [1.54, 1.807) is 12.4 Å². The van der Waals surface area contributed by atoms with Crippen molar-refractivity contribution in [2.45, 2.75) is 6.54 Å². The highest BCUT2D eigenvalue weighted by Crippen LogP contribution is 2.28. The molecule has 0 aromatic heterocycles. The summed E-state index contributed by atoms with van der Waals surface area (Å²) < 4.78 is 1.83. The van der Waals surface area contributed by atoms with E-state index < -0.39 is 0 Å². The van der Waals surface area contributed by atoms with Crippen LogP contribution in [0.4, 0.5) is 5.82 Å². The van der Waals surface area contributed by atoms with Crippen LogP contribution in [0.25, 0.3) is 11.5 Å². The first-order chi connectivity index (χ1) is 9.16. The number of halogens is 2. The predicted octanol–water partition coefficient (Wildman–Crippen LogP) is 2.72. The Morgan fingerprint density at radius 1 is 1.16 bits per heavy atom. The molecule has 96 valence electrons. The number of fused-ring (bicyclic) bond motifs is 1. The Kier molecular flexibility index (Phi) is 3.00. The fourth-order valence-electron chi connectivity index (χ4n) is 1.87. The molecule has 1 aromatic carbocycles. The lowest BCUT2D eigenvalue weighted by atomic mass is 10.2. The predicted molar refractivity (Wildman–Crippen MR) is 74.4 cm³/mol. The highest BCUT2D eigenvalue weighted by Gasteiger charge is 2.15. The van der Waals surface area contributed by atoms with Gasteiger partial charge in [0, 0.05) is 0 Å². The molecular weight excluding hydrogens is 285 g/mol. The van der Waals surface area contributed by atoms with Crippen LogP contribution in [-0.4, -0.2) is 19.5 Å². The topological polar surface area (TPSA) is 69.6 Å². The maximum absolute atomic E-state index is 6.17. The number of aromatic nitrogens is 4. The average Bonchev–Trinajstić information content (AvgIpc) is 2.88. The van der Waals surface area contributed by atoms with Gasteiger partial charge in [0.2, 0.25) is 0 Å². The van der Waals surface area contributed by atoms with E-state index >= 15 is 0 Å². The summed E-state index contributed by atoms with van der Waals surface area (Å²) >= 11 is 12.2. The summed E-state index contributed by atoms with van der Waals surface area (Å²) in [6.07, 6.45) is 3.07. The lowest BCUT2D eigenvalue weighted by molar-refractivity contribution is 0.763. The zero-order valence-electron chi connectivity index (χ0n) is 9.72. The van der Waals surface area contributed by atoms with Gasteiger partial charge in [0.1, 0.15) is 12.0 Å². The van der Waals surface area contributed by atoms with Crippen LogP contribution in [0.5, 0.6) is 0 Å². The minimum Gasteiger partial charge on any atom is -0.382 e. The molecule has 2 heterocycles.